The van der Waals surface area contributed by atoms with E-state index in [9.17, 15) is 0 Å². The van der Waals surface area contributed by atoms with Crippen LogP contribution >= 0.6 is 0 Å². The number of benzene rings is 2. The van der Waals surface area contributed by atoms with Crippen molar-refractivity contribution >= 4 is 6.21 Å². The Morgan fingerprint density at radius 2 is 1.65 bits per heavy atom. The minimum Gasteiger partial charge on any atom is -0.493 e. The molecule has 0 aromatic heterocycles. The van der Waals surface area contributed by atoms with E-state index in [2.05, 4.69) is 38.1 Å². The van der Waals surface area contributed by atoms with Gasteiger partial charge >= 0.3 is 0 Å². The molecule has 5 nitrogen and oxygen atoms in total. The third-order valence-corrected chi connectivity index (χ3v) is 4.02. The van der Waals surface area contributed by atoms with Crippen LogP contribution in [0.15, 0.2) is 41.6 Å². The van der Waals surface area contributed by atoms with Crippen molar-refractivity contribution in [1.29, 1.82) is 0 Å². The minimum atomic E-state index is -0.00434. The van der Waals surface area contributed by atoms with Gasteiger partial charge in [0.2, 0.25) is 0 Å². The average molecular weight is 357 g/mol. The number of oxime groups is 1. The zero-order valence-corrected chi connectivity index (χ0v) is 16.1. The van der Waals surface area contributed by atoms with E-state index in [0.717, 1.165) is 11.3 Å². The number of para-hydroxylation sites is 2. The lowest BCUT2D eigenvalue weighted by Crippen LogP contribution is -2.17. The monoisotopic (exact) mass is 357 g/mol. The van der Waals surface area contributed by atoms with E-state index in [1.54, 1.807) is 19.2 Å². The first-order valence-corrected chi connectivity index (χ1v) is 8.58. The predicted octanol–water partition coefficient (Wildman–Crippen LogP) is 4.57. The number of nitrogens with zero attached hydrogens (tertiary/aromatic N) is 1. The Labute approximate surface area is 155 Å². The summed E-state index contributed by atoms with van der Waals surface area (Å²) in [5.41, 5.74) is 2.90. The molecule has 0 amide bonds. The summed E-state index contributed by atoms with van der Waals surface area (Å²) in [6.45, 7) is 9.27. The zero-order valence-electron chi connectivity index (χ0n) is 16.1. The molecule has 0 aliphatic heterocycles. The third-order valence-electron chi connectivity index (χ3n) is 4.02. The highest BCUT2D eigenvalue weighted by molar-refractivity contribution is 5.84. The van der Waals surface area contributed by atoms with E-state index >= 15 is 0 Å². The smallest absolute Gasteiger partial charge is 0.170 e. The maximum absolute atomic E-state index is 8.81. The maximum atomic E-state index is 8.81. The summed E-state index contributed by atoms with van der Waals surface area (Å²) < 4.78 is 17.2. The first-order chi connectivity index (χ1) is 12.4. The molecule has 0 spiro atoms. The molecule has 0 atom stereocenters. The number of hydrogen-bond acceptors (Lipinski definition) is 5. The van der Waals surface area contributed by atoms with Gasteiger partial charge in [-0.1, -0.05) is 50.2 Å². The third kappa shape index (κ3) is 4.69. The van der Waals surface area contributed by atoms with E-state index in [1.165, 1.54) is 11.8 Å². The molecular weight excluding hydrogens is 330 g/mol. The Kier molecular flexibility index (Phi) is 6.50. The van der Waals surface area contributed by atoms with E-state index in [0.29, 0.717) is 30.3 Å². The van der Waals surface area contributed by atoms with E-state index < -0.39 is 0 Å². The molecule has 0 bridgehead atoms. The van der Waals surface area contributed by atoms with Crippen molar-refractivity contribution in [2.75, 3.05) is 20.3 Å². The number of rotatable bonds is 7. The first kappa shape index (κ1) is 19.6. The molecule has 0 radical (unpaired) electrons. The fourth-order valence-corrected chi connectivity index (χ4v) is 2.73. The molecule has 0 fully saturated rings. The SMILES string of the molecule is COc1cccc(C=NO)c1OCCOc1c(C)cccc1C(C)(C)C. The van der Waals surface area contributed by atoms with Crippen LogP contribution in [0, 0.1) is 6.92 Å². The Hall–Kier alpha value is -2.69. The second kappa shape index (κ2) is 8.61. The summed E-state index contributed by atoms with van der Waals surface area (Å²) in [6, 6.07) is 11.6. The first-order valence-electron chi connectivity index (χ1n) is 8.58. The van der Waals surface area contributed by atoms with Gasteiger partial charge in [0.05, 0.1) is 13.3 Å². The Morgan fingerprint density at radius 1 is 1.00 bits per heavy atom. The van der Waals surface area contributed by atoms with Crippen LogP contribution in [0.4, 0.5) is 0 Å². The van der Waals surface area contributed by atoms with Crippen molar-refractivity contribution in [3.05, 3.63) is 53.1 Å². The fourth-order valence-electron chi connectivity index (χ4n) is 2.73. The molecule has 0 saturated heterocycles. The van der Waals surface area contributed by atoms with Gasteiger partial charge in [-0.2, -0.15) is 0 Å². The highest BCUT2D eigenvalue weighted by Gasteiger charge is 2.20. The molecule has 1 N–H and O–H groups in total. The lowest BCUT2D eigenvalue weighted by Gasteiger charge is -2.24. The molecule has 2 aromatic rings. The van der Waals surface area contributed by atoms with Gasteiger partial charge in [-0.05, 0) is 35.6 Å². The van der Waals surface area contributed by atoms with Crippen LogP contribution in [0.5, 0.6) is 17.2 Å². The molecule has 0 unspecified atom stereocenters. The summed E-state index contributed by atoms with van der Waals surface area (Å²) in [7, 11) is 1.57. The van der Waals surface area contributed by atoms with Gasteiger partial charge in [0.15, 0.2) is 11.5 Å². The molecule has 0 aliphatic rings. The quantitative estimate of drug-likeness (QED) is 0.341. The van der Waals surface area contributed by atoms with Gasteiger partial charge in [0, 0.05) is 5.56 Å². The number of aryl methyl sites for hydroxylation is 1. The molecule has 0 aliphatic carbocycles. The molecule has 2 rings (SSSR count). The molecule has 0 saturated carbocycles. The van der Waals surface area contributed by atoms with Gasteiger partial charge in [-0.25, -0.2) is 0 Å². The van der Waals surface area contributed by atoms with E-state index in [4.69, 9.17) is 19.4 Å². The lowest BCUT2D eigenvalue weighted by atomic mass is 9.85. The Balaban J connectivity index is 2.09. The topological polar surface area (TPSA) is 60.3 Å². The van der Waals surface area contributed by atoms with Gasteiger partial charge in [-0.3, -0.25) is 0 Å². The van der Waals surface area contributed by atoms with Crippen LogP contribution < -0.4 is 14.2 Å². The number of ether oxygens (including phenoxy) is 3. The lowest BCUT2D eigenvalue weighted by molar-refractivity contribution is 0.207. The van der Waals surface area contributed by atoms with Crippen molar-refractivity contribution in [3.63, 3.8) is 0 Å². The van der Waals surface area contributed by atoms with Gasteiger partial charge < -0.3 is 19.4 Å². The highest BCUT2D eigenvalue weighted by atomic mass is 16.5. The van der Waals surface area contributed by atoms with Crippen LogP contribution in [0.1, 0.15) is 37.5 Å². The van der Waals surface area contributed by atoms with Crippen molar-refractivity contribution in [2.24, 2.45) is 5.16 Å². The summed E-state index contributed by atoms with van der Waals surface area (Å²) in [5.74, 6) is 2.01. The summed E-state index contributed by atoms with van der Waals surface area (Å²) in [6.07, 6.45) is 1.32. The van der Waals surface area contributed by atoms with Crippen molar-refractivity contribution in [2.45, 2.75) is 33.1 Å². The van der Waals surface area contributed by atoms with E-state index in [-0.39, 0.29) is 5.41 Å². The summed E-state index contributed by atoms with van der Waals surface area (Å²) in [5, 5.41) is 11.9. The maximum Gasteiger partial charge on any atom is 0.170 e. The summed E-state index contributed by atoms with van der Waals surface area (Å²) in [4.78, 5) is 0. The van der Waals surface area contributed by atoms with E-state index in [1.807, 2.05) is 19.1 Å². The van der Waals surface area contributed by atoms with Crippen LogP contribution in [-0.2, 0) is 5.41 Å². The second-order valence-electron chi connectivity index (χ2n) is 7.02. The second-order valence-corrected chi connectivity index (χ2v) is 7.02. The van der Waals surface area contributed by atoms with Gasteiger partial charge in [-0.15, -0.1) is 0 Å². The number of methoxy groups -OCH3 is 1. The fraction of sp³-hybridized carbons (Fsp3) is 0.381. The predicted molar refractivity (Wildman–Crippen MR) is 103 cm³/mol. The molecule has 0 heterocycles. The average Bonchev–Trinajstić information content (AvgIpc) is 2.59. The minimum absolute atomic E-state index is 0.00434. The highest BCUT2D eigenvalue weighted by Crippen LogP contribution is 2.34. The van der Waals surface area contributed by atoms with Gasteiger partial charge in [0.1, 0.15) is 19.0 Å². The standard InChI is InChI=1S/C21H27NO4/c1-15-8-6-10-17(21(2,3)4)19(15)25-12-13-26-20-16(14-22-23)9-7-11-18(20)24-5/h6-11,14,23H,12-13H2,1-5H3. The van der Waals surface area contributed by atoms with Crippen LogP contribution in [0.3, 0.4) is 0 Å². The summed E-state index contributed by atoms with van der Waals surface area (Å²) >= 11 is 0. The molecule has 2 aromatic carbocycles. The molecule has 26 heavy (non-hydrogen) atoms. The van der Waals surface area contributed by atoms with Crippen LogP contribution in [-0.4, -0.2) is 31.7 Å². The Bertz CT molecular complexity index is 763. The molecule has 140 valence electrons. The molecule has 5 heteroatoms. The normalized spacial score (nSPS) is 11.6. The van der Waals surface area contributed by atoms with Crippen molar-refractivity contribution in [1.82, 2.24) is 0 Å². The van der Waals surface area contributed by atoms with Gasteiger partial charge in [0.25, 0.3) is 0 Å². The van der Waals surface area contributed by atoms with Crippen molar-refractivity contribution < 1.29 is 19.4 Å². The zero-order chi connectivity index (χ0) is 19.2. The van der Waals surface area contributed by atoms with Crippen LogP contribution in [0.25, 0.3) is 0 Å². The largest absolute Gasteiger partial charge is 0.493 e. The number of hydrogen-bond donors (Lipinski definition) is 1. The van der Waals surface area contributed by atoms with Crippen molar-refractivity contribution in [3.8, 4) is 17.2 Å². The van der Waals surface area contributed by atoms with Crippen LogP contribution in [0.2, 0.25) is 0 Å². The Morgan fingerprint density at radius 3 is 2.27 bits per heavy atom. The molecular formula is C21H27NO4.